The number of nitrogens with one attached hydrogen (secondary N) is 1. The summed E-state index contributed by atoms with van der Waals surface area (Å²) in [6.45, 7) is 10.1. The van der Waals surface area contributed by atoms with Crippen LogP contribution in [0.4, 0.5) is 0 Å². The molecule has 0 spiro atoms. The molecule has 134 valence electrons. The first-order valence-corrected chi connectivity index (χ1v) is 9.09. The summed E-state index contributed by atoms with van der Waals surface area (Å²) in [5.74, 6) is 2.20. The highest BCUT2D eigenvalue weighted by Crippen LogP contribution is 2.28. The Labute approximate surface area is 140 Å². The smallest absolute Gasteiger partial charge is 0.194 e. The van der Waals surface area contributed by atoms with Crippen LogP contribution in [0, 0.1) is 11.8 Å². The van der Waals surface area contributed by atoms with Crippen molar-refractivity contribution in [2.45, 2.75) is 39.2 Å². The summed E-state index contributed by atoms with van der Waals surface area (Å²) in [5, 5.41) is 13.3. The van der Waals surface area contributed by atoms with Crippen LogP contribution in [0.3, 0.4) is 0 Å². The third kappa shape index (κ3) is 7.06. The van der Waals surface area contributed by atoms with Crippen LogP contribution < -0.4 is 5.32 Å². The van der Waals surface area contributed by atoms with E-state index in [2.05, 4.69) is 22.1 Å². The molecule has 0 amide bonds. The zero-order valence-electron chi connectivity index (χ0n) is 14.7. The number of aliphatic imine (C=N–C) groups is 1. The van der Waals surface area contributed by atoms with Crippen LogP contribution in [0.1, 0.15) is 33.1 Å². The fourth-order valence-corrected chi connectivity index (χ4v) is 2.77. The zero-order chi connectivity index (χ0) is 16.5. The fraction of sp³-hybridized carbons (Fsp3) is 0.941. The summed E-state index contributed by atoms with van der Waals surface area (Å²) < 4.78 is 11.1. The molecule has 2 aliphatic rings. The van der Waals surface area contributed by atoms with E-state index in [1.807, 2.05) is 6.92 Å². The second kappa shape index (κ2) is 10.1. The zero-order valence-corrected chi connectivity index (χ0v) is 14.7. The van der Waals surface area contributed by atoms with Crippen molar-refractivity contribution in [3.63, 3.8) is 0 Å². The van der Waals surface area contributed by atoms with Gasteiger partial charge in [0.1, 0.15) is 0 Å². The summed E-state index contributed by atoms with van der Waals surface area (Å²) >= 11 is 0. The Kier molecular flexibility index (Phi) is 8.12. The van der Waals surface area contributed by atoms with Crippen LogP contribution in [0.5, 0.6) is 0 Å². The Bertz CT molecular complexity index is 361. The fourth-order valence-electron chi connectivity index (χ4n) is 2.77. The topological polar surface area (TPSA) is 66.3 Å². The molecule has 6 heteroatoms. The van der Waals surface area contributed by atoms with Crippen LogP contribution in [-0.2, 0) is 9.47 Å². The quantitative estimate of drug-likeness (QED) is 0.465. The molecule has 1 aliphatic carbocycles. The lowest BCUT2D eigenvalue weighted by atomic mass is 10.1. The van der Waals surface area contributed by atoms with E-state index in [1.165, 1.54) is 12.8 Å². The summed E-state index contributed by atoms with van der Waals surface area (Å²) in [4.78, 5) is 6.85. The van der Waals surface area contributed by atoms with Crippen molar-refractivity contribution in [2.75, 3.05) is 52.6 Å². The van der Waals surface area contributed by atoms with Crippen molar-refractivity contribution in [1.82, 2.24) is 10.2 Å². The summed E-state index contributed by atoms with van der Waals surface area (Å²) in [7, 11) is 0. The first-order valence-electron chi connectivity index (χ1n) is 9.09. The summed E-state index contributed by atoms with van der Waals surface area (Å²) in [6.07, 6.45) is 3.16. The van der Waals surface area contributed by atoms with Gasteiger partial charge in [-0.2, -0.15) is 0 Å². The maximum atomic E-state index is 10.0. The maximum absolute atomic E-state index is 10.0. The number of ether oxygens (including phenoxy) is 2. The van der Waals surface area contributed by atoms with E-state index in [-0.39, 0.29) is 0 Å². The van der Waals surface area contributed by atoms with E-state index >= 15 is 0 Å². The Morgan fingerprint density at radius 2 is 2.00 bits per heavy atom. The molecule has 0 radical (unpaired) electrons. The van der Waals surface area contributed by atoms with Crippen LogP contribution in [-0.4, -0.2) is 74.7 Å². The molecular weight excluding hydrogens is 294 g/mol. The van der Waals surface area contributed by atoms with Crippen LogP contribution in [0.25, 0.3) is 0 Å². The standard InChI is InChI=1S/C17H33N3O3/c1-3-18-17(20-8-7-15(10-20)12-22-4-2)19-9-16(21)13-23-11-14-5-6-14/h14-16,21H,3-13H2,1-2H3,(H,18,19). The SMILES string of the molecule is CCNC(=NCC(O)COCC1CC1)N1CCC(COCC)C1. The third-order valence-electron chi connectivity index (χ3n) is 4.29. The van der Waals surface area contributed by atoms with Gasteiger partial charge in [-0.15, -0.1) is 0 Å². The molecule has 1 saturated carbocycles. The van der Waals surface area contributed by atoms with E-state index in [1.54, 1.807) is 0 Å². The van der Waals surface area contributed by atoms with E-state index in [4.69, 9.17) is 9.47 Å². The normalized spacial score (nSPS) is 23.3. The molecule has 2 atom stereocenters. The highest BCUT2D eigenvalue weighted by atomic mass is 16.5. The molecule has 0 aromatic heterocycles. The van der Waals surface area contributed by atoms with Gasteiger partial charge >= 0.3 is 0 Å². The number of rotatable bonds is 10. The Hall–Kier alpha value is -0.850. The molecule has 1 saturated heterocycles. The van der Waals surface area contributed by atoms with Crippen LogP contribution in [0.2, 0.25) is 0 Å². The lowest BCUT2D eigenvalue weighted by Crippen LogP contribution is -2.41. The summed E-state index contributed by atoms with van der Waals surface area (Å²) in [6, 6.07) is 0. The molecular formula is C17H33N3O3. The first-order chi connectivity index (χ1) is 11.2. The summed E-state index contributed by atoms with van der Waals surface area (Å²) in [5.41, 5.74) is 0. The molecule has 0 aromatic carbocycles. The third-order valence-corrected chi connectivity index (χ3v) is 4.29. The minimum absolute atomic E-state index is 0.381. The average Bonchev–Trinajstić information content (AvgIpc) is 3.25. The lowest BCUT2D eigenvalue weighted by molar-refractivity contribution is 0.0367. The molecule has 2 fully saturated rings. The Morgan fingerprint density at radius 3 is 2.70 bits per heavy atom. The van der Waals surface area contributed by atoms with Gasteiger partial charge in [-0.3, -0.25) is 4.99 Å². The monoisotopic (exact) mass is 327 g/mol. The van der Waals surface area contributed by atoms with Crippen molar-refractivity contribution in [1.29, 1.82) is 0 Å². The molecule has 23 heavy (non-hydrogen) atoms. The van der Waals surface area contributed by atoms with Crippen molar-refractivity contribution >= 4 is 5.96 Å². The van der Waals surface area contributed by atoms with Crippen molar-refractivity contribution in [3.05, 3.63) is 0 Å². The number of hydrogen-bond acceptors (Lipinski definition) is 4. The van der Waals surface area contributed by atoms with E-state index < -0.39 is 6.10 Å². The first kappa shape index (κ1) is 18.5. The van der Waals surface area contributed by atoms with E-state index in [0.717, 1.165) is 57.8 Å². The van der Waals surface area contributed by atoms with Gasteiger partial charge in [-0.05, 0) is 39.0 Å². The number of aliphatic hydroxyl groups is 1. The van der Waals surface area contributed by atoms with Gasteiger partial charge in [0, 0.05) is 38.8 Å². The average molecular weight is 327 g/mol. The molecule has 0 bridgehead atoms. The minimum atomic E-state index is -0.524. The number of likely N-dealkylation sites (tertiary alicyclic amines) is 1. The number of guanidine groups is 1. The van der Waals surface area contributed by atoms with Gasteiger partial charge in [0.25, 0.3) is 0 Å². The molecule has 2 unspecified atom stereocenters. The van der Waals surface area contributed by atoms with Gasteiger partial charge in [0.2, 0.25) is 0 Å². The van der Waals surface area contributed by atoms with E-state index in [0.29, 0.717) is 19.1 Å². The van der Waals surface area contributed by atoms with Crippen LogP contribution >= 0.6 is 0 Å². The molecule has 2 N–H and O–H groups in total. The lowest BCUT2D eigenvalue weighted by Gasteiger charge is -2.22. The molecule has 2 rings (SSSR count). The van der Waals surface area contributed by atoms with E-state index in [9.17, 15) is 5.11 Å². The molecule has 0 aromatic rings. The predicted octanol–water partition coefficient (Wildman–Crippen LogP) is 1.10. The van der Waals surface area contributed by atoms with Gasteiger partial charge in [-0.1, -0.05) is 0 Å². The maximum Gasteiger partial charge on any atom is 0.194 e. The van der Waals surface area contributed by atoms with Crippen molar-refractivity contribution < 1.29 is 14.6 Å². The second-order valence-corrected chi connectivity index (χ2v) is 6.59. The number of nitrogens with zero attached hydrogens (tertiary/aromatic N) is 2. The highest BCUT2D eigenvalue weighted by molar-refractivity contribution is 5.80. The Balaban J connectivity index is 1.72. The van der Waals surface area contributed by atoms with Gasteiger partial charge in [-0.25, -0.2) is 0 Å². The molecule has 6 nitrogen and oxygen atoms in total. The van der Waals surface area contributed by atoms with Crippen LogP contribution in [0.15, 0.2) is 4.99 Å². The molecule has 1 aliphatic heterocycles. The molecule has 1 heterocycles. The van der Waals surface area contributed by atoms with Gasteiger partial charge in [0.05, 0.1) is 25.9 Å². The number of aliphatic hydroxyl groups excluding tert-OH is 1. The van der Waals surface area contributed by atoms with Gasteiger partial charge < -0.3 is 24.8 Å². The highest BCUT2D eigenvalue weighted by Gasteiger charge is 2.25. The Morgan fingerprint density at radius 1 is 1.22 bits per heavy atom. The van der Waals surface area contributed by atoms with Crippen molar-refractivity contribution in [2.24, 2.45) is 16.8 Å². The number of hydrogen-bond donors (Lipinski definition) is 2. The minimum Gasteiger partial charge on any atom is -0.389 e. The predicted molar refractivity (Wildman–Crippen MR) is 91.7 cm³/mol. The second-order valence-electron chi connectivity index (χ2n) is 6.59. The van der Waals surface area contributed by atoms with Crippen molar-refractivity contribution in [3.8, 4) is 0 Å². The largest absolute Gasteiger partial charge is 0.389 e. The van der Waals surface area contributed by atoms with Gasteiger partial charge in [0.15, 0.2) is 5.96 Å².